The maximum Gasteiger partial charge on any atom is 0.251 e. The first-order valence-electron chi connectivity index (χ1n) is 5.02. The summed E-state index contributed by atoms with van der Waals surface area (Å²) in [7, 11) is 0. The van der Waals surface area contributed by atoms with Crippen LogP contribution in [-0.2, 0) is 0 Å². The van der Waals surface area contributed by atoms with Gasteiger partial charge in [0.2, 0.25) is 0 Å². The third-order valence-electron chi connectivity index (χ3n) is 2.11. The van der Waals surface area contributed by atoms with Gasteiger partial charge in [0, 0.05) is 12.1 Å². The molecule has 0 bridgehead atoms. The van der Waals surface area contributed by atoms with Crippen molar-refractivity contribution < 1.29 is 14.3 Å². The van der Waals surface area contributed by atoms with Crippen LogP contribution in [0.4, 0.5) is 10.1 Å². The minimum Gasteiger partial charge on any atom is -0.396 e. The lowest BCUT2D eigenvalue weighted by atomic mass is 10.2. The van der Waals surface area contributed by atoms with Crippen LogP contribution in [0, 0.1) is 5.82 Å². The van der Waals surface area contributed by atoms with Gasteiger partial charge in [0.05, 0.1) is 11.8 Å². The summed E-state index contributed by atoms with van der Waals surface area (Å²) in [4.78, 5) is 11.5. The van der Waals surface area contributed by atoms with Crippen molar-refractivity contribution in [2.24, 2.45) is 0 Å². The third-order valence-corrected chi connectivity index (χ3v) is 2.11. The van der Waals surface area contributed by atoms with Crippen LogP contribution in [-0.4, -0.2) is 23.7 Å². The molecule has 0 spiro atoms. The van der Waals surface area contributed by atoms with Gasteiger partial charge in [0.15, 0.2) is 0 Å². The lowest BCUT2D eigenvalue weighted by Gasteiger charge is -2.07. The highest BCUT2D eigenvalue weighted by atomic mass is 19.1. The highest BCUT2D eigenvalue weighted by Crippen LogP contribution is 2.11. The molecule has 0 saturated heterocycles. The zero-order valence-corrected chi connectivity index (χ0v) is 9.03. The van der Waals surface area contributed by atoms with Crippen LogP contribution in [0.3, 0.4) is 0 Å². The highest BCUT2D eigenvalue weighted by Gasteiger charge is 2.08. The van der Waals surface area contributed by atoms with Crippen LogP contribution in [0.2, 0.25) is 0 Å². The Hall–Kier alpha value is -1.62. The van der Waals surface area contributed by atoms with Crippen LogP contribution in [0.1, 0.15) is 23.7 Å². The molecular weight excluding hydrogens is 211 g/mol. The molecule has 1 aromatic rings. The molecule has 0 aliphatic heterocycles. The van der Waals surface area contributed by atoms with Crippen LogP contribution in [0.25, 0.3) is 0 Å². The molecule has 0 aliphatic rings. The Morgan fingerprint density at radius 2 is 2.31 bits per heavy atom. The topological polar surface area (TPSA) is 75.3 Å². The molecule has 1 atom stereocenters. The molecule has 88 valence electrons. The molecule has 0 fully saturated rings. The highest BCUT2D eigenvalue weighted by molar-refractivity contribution is 5.94. The molecule has 1 amide bonds. The zero-order chi connectivity index (χ0) is 12.1. The Balaban J connectivity index is 2.56. The van der Waals surface area contributed by atoms with Crippen LogP contribution in [0.15, 0.2) is 18.2 Å². The first-order valence-corrected chi connectivity index (χ1v) is 5.02. The first-order chi connectivity index (χ1) is 7.50. The van der Waals surface area contributed by atoms with Crippen LogP contribution in [0.5, 0.6) is 0 Å². The summed E-state index contributed by atoms with van der Waals surface area (Å²) in [5.74, 6) is -0.984. The van der Waals surface area contributed by atoms with Crippen molar-refractivity contribution in [3.8, 4) is 0 Å². The maximum atomic E-state index is 13.0. The van der Waals surface area contributed by atoms with Gasteiger partial charge in [-0.2, -0.15) is 0 Å². The first kappa shape index (κ1) is 12.4. The van der Waals surface area contributed by atoms with Crippen molar-refractivity contribution in [1.29, 1.82) is 0 Å². The Bertz CT molecular complexity index is 380. The van der Waals surface area contributed by atoms with E-state index in [-0.39, 0.29) is 17.2 Å². The molecule has 0 saturated carbocycles. The SMILES string of the molecule is CC(O)CCNC(=O)c1ccc(N)c(F)c1. The monoisotopic (exact) mass is 226 g/mol. The standard InChI is InChI=1S/C11H15FN2O2/c1-7(15)4-5-14-11(16)8-2-3-10(13)9(12)6-8/h2-3,6-7,15H,4-5,13H2,1H3,(H,14,16). The van der Waals surface area contributed by atoms with Crippen molar-refractivity contribution in [3.05, 3.63) is 29.6 Å². The number of aliphatic hydroxyl groups is 1. The van der Waals surface area contributed by atoms with Gasteiger partial charge in [-0.1, -0.05) is 0 Å². The molecule has 16 heavy (non-hydrogen) atoms. The van der Waals surface area contributed by atoms with Crippen molar-refractivity contribution in [2.75, 3.05) is 12.3 Å². The maximum absolute atomic E-state index is 13.0. The number of nitrogens with one attached hydrogen (secondary N) is 1. The summed E-state index contributed by atoms with van der Waals surface area (Å²) in [5.41, 5.74) is 5.52. The molecule has 1 unspecified atom stereocenters. The normalized spacial score (nSPS) is 12.2. The van der Waals surface area contributed by atoms with Gasteiger partial charge in [-0.05, 0) is 31.5 Å². The van der Waals surface area contributed by atoms with Gasteiger partial charge in [-0.25, -0.2) is 4.39 Å². The van der Waals surface area contributed by atoms with Gasteiger partial charge in [-0.3, -0.25) is 4.79 Å². The second-order valence-electron chi connectivity index (χ2n) is 3.63. The number of aliphatic hydroxyl groups excluding tert-OH is 1. The molecule has 1 rings (SSSR count). The summed E-state index contributed by atoms with van der Waals surface area (Å²) in [6.07, 6.45) is -0.00752. The van der Waals surface area contributed by atoms with Crippen LogP contribution >= 0.6 is 0 Å². The Kier molecular flexibility index (Phi) is 4.25. The lowest BCUT2D eigenvalue weighted by molar-refractivity contribution is 0.0945. The molecule has 0 aromatic heterocycles. The molecule has 0 radical (unpaired) electrons. The summed E-state index contributed by atoms with van der Waals surface area (Å²) in [6, 6.07) is 3.89. The largest absolute Gasteiger partial charge is 0.396 e. The molecule has 0 aliphatic carbocycles. The number of nitrogens with two attached hydrogens (primary N) is 1. The van der Waals surface area contributed by atoms with Crippen molar-refractivity contribution in [1.82, 2.24) is 5.32 Å². The minimum absolute atomic E-state index is 0.0144. The second kappa shape index (κ2) is 5.46. The molecule has 5 heteroatoms. The number of carbonyl (C=O) groups excluding carboxylic acids is 1. The van der Waals surface area contributed by atoms with E-state index in [2.05, 4.69) is 5.32 Å². The third kappa shape index (κ3) is 3.51. The van der Waals surface area contributed by atoms with E-state index in [0.717, 1.165) is 6.07 Å². The molecule has 4 nitrogen and oxygen atoms in total. The summed E-state index contributed by atoms with van der Waals surface area (Å²) in [5, 5.41) is 11.6. The second-order valence-corrected chi connectivity index (χ2v) is 3.63. The number of carbonyl (C=O) groups is 1. The fraction of sp³-hybridized carbons (Fsp3) is 0.364. The minimum atomic E-state index is -0.608. The number of halogens is 1. The fourth-order valence-electron chi connectivity index (χ4n) is 1.17. The van der Waals surface area contributed by atoms with Crippen LogP contribution < -0.4 is 11.1 Å². The van der Waals surface area contributed by atoms with Crippen molar-refractivity contribution >= 4 is 11.6 Å². The van der Waals surface area contributed by atoms with E-state index in [0.29, 0.717) is 13.0 Å². The van der Waals surface area contributed by atoms with E-state index in [1.807, 2.05) is 0 Å². The predicted molar refractivity (Wildman–Crippen MR) is 59.4 cm³/mol. The van der Waals surface area contributed by atoms with E-state index < -0.39 is 11.9 Å². The predicted octanol–water partition coefficient (Wildman–Crippen LogP) is 0.909. The molecular formula is C11H15FN2O2. The molecule has 0 heterocycles. The lowest BCUT2D eigenvalue weighted by Crippen LogP contribution is -2.26. The van der Waals surface area contributed by atoms with E-state index in [1.54, 1.807) is 6.92 Å². The van der Waals surface area contributed by atoms with Gasteiger partial charge < -0.3 is 16.2 Å². The number of amides is 1. The Morgan fingerprint density at radius 1 is 1.62 bits per heavy atom. The number of anilines is 1. The summed E-state index contributed by atoms with van der Waals surface area (Å²) in [6.45, 7) is 1.98. The number of rotatable bonds is 4. The summed E-state index contributed by atoms with van der Waals surface area (Å²) < 4.78 is 13.0. The average molecular weight is 226 g/mol. The van der Waals surface area contributed by atoms with Gasteiger partial charge >= 0.3 is 0 Å². The zero-order valence-electron chi connectivity index (χ0n) is 9.03. The van der Waals surface area contributed by atoms with E-state index in [9.17, 15) is 9.18 Å². The Labute approximate surface area is 93.3 Å². The number of hydrogen-bond donors (Lipinski definition) is 3. The smallest absolute Gasteiger partial charge is 0.251 e. The summed E-state index contributed by atoms with van der Waals surface area (Å²) >= 11 is 0. The van der Waals surface area contributed by atoms with Gasteiger partial charge in [0.1, 0.15) is 5.82 Å². The van der Waals surface area contributed by atoms with Gasteiger partial charge in [-0.15, -0.1) is 0 Å². The Morgan fingerprint density at radius 3 is 2.88 bits per heavy atom. The molecule has 4 N–H and O–H groups in total. The number of nitrogen functional groups attached to an aromatic ring is 1. The number of hydrogen-bond acceptors (Lipinski definition) is 3. The van der Waals surface area contributed by atoms with E-state index in [1.165, 1.54) is 12.1 Å². The average Bonchev–Trinajstić information content (AvgIpc) is 2.21. The molecule has 1 aromatic carbocycles. The van der Waals surface area contributed by atoms with E-state index in [4.69, 9.17) is 10.8 Å². The fourth-order valence-corrected chi connectivity index (χ4v) is 1.17. The van der Waals surface area contributed by atoms with Crippen molar-refractivity contribution in [3.63, 3.8) is 0 Å². The van der Waals surface area contributed by atoms with Crippen molar-refractivity contribution in [2.45, 2.75) is 19.4 Å². The quantitative estimate of drug-likeness (QED) is 0.668. The van der Waals surface area contributed by atoms with E-state index >= 15 is 0 Å². The van der Waals surface area contributed by atoms with Gasteiger partial charge in [0.25, 0.3) is 5.91 Å². The number of benzene rings is 1.